The lowest BCUT2D eigenvalue weighted by Gasteiger charge is -2.24. The van der Waals surface area contributed by atoms with E-state index in [0.29, 0.717) is 25.8 Å². The van der Waals surface area contributed by atoms with Crippen molar-refractivity contribution >= 4 is 23.5 Å². The van der Waals surface area contributed by atoms with Crippen LogP contribution >= 0.6 is 0 Å². The number of aryl methyl sites for hydroxylation is 2. The number of nitrogens with one attached hydrogen (secondary N) is 1. The van der Waals surface area contributed by atoms with Crippen molar-refractivity contribution < 1.29 is 9.59 Å². The lowest BCUT2D eigenvalue weighted by molar-refractivity contribution is -0.147. The third-order valence-electron chi connectivity index (χ3n) is 3.48. The van der Waals surface area contributed by atoms with Crippen LogP contribution in [0.2, 0.25) is 0 Å². The van der Waals surface area contributed by atoms with E-state index in [-0.39, 0.29) is 24.3 Å². The second kappa shape index (κ2) is 7.06. The SMILES string of the molecule is Cc1cc(C)cc(NC(N)=NCCN2C(=O)CCCC2=O)c1. The summed E-state index contributed by atoms with van der Waals surface area (Å²) in [6.45, 7) is 4.62. The van der Waals surface area contributed by atoms with Gasteiger partial charge in [-0.05, 0) is 43.5 Å². The quantitative estimate of drug-likeness (QED) is 0.502. The number of rotatable bonds is 4. The Morgan fingerprint density at radius 3 is 2.36 bits per heavy atom. The number of nitrogens with zero attached hydrogens (tertiary/aromatic N) is 2. The van der Waals surface area contributed by atoms with Gasteiger partial charge in [0.2, 0.25) is 11.8 Å². The number of carbonyl (C=O) groups excluding carboxylic acids is 2. The molecule has 0 radical (unpaired) electrons. The Hall–Kier alpha value is -2.37. The van der Waals surface area contributed by atoms with E-state index in [1.165, 1.54) is 4.90 Å². The minimum atomic E-state index is -0.118. The molecular formula is C16H22N4O2. The Balaban J connectivity index is 1.89. The van der Waals surface area contributed by atoms with Gasteiger partial charge in [0.05, 0.1) is 6.54 Å². The number of hydrogen-bond acceptors (Lipinski definition) is 3. The summed E-state index contributed by atoms with van der Waals surface area (Å²) in [6.07, 6.45) is 1.52. The normalized spacial score (nSPS) is 16.1. The molecule has 118 valence electrons. The first kappa shape index (κ1) is 16.0. The number of likely N-dealkylation sites (tertiary alicyclic amines) is 1. The maximum Gasteiger partial charge on any atom is 0.229 e. The lowest BCUT2D eigenvalue weighted by atomic mass is 10.1. The first-order valence-electron chi connectivity index (χ1n) is 7.44. The molecule has 1 aliphatic rings. The standard InChI is InChI=1S/C16H22N4O2/c1-11-8-12(2)10-13(9-11)19-16(17)18-6-7-20-14(21)4-3-5-15(20)22/h8-10H,3-7H2,1-2H3,(H3,17,18,19). The van der Waals surface area contributed by atoms with E-state index in [1.807, 2.05) is 26.0 Å². The van der Waals surface area contributed by atoms with Gasteiger partial charge in [-0.1, -0.05) is 6.07 Å². The highest BCUT2D eigenvalue weighted by atomic mass is 16.2. The zero-order chi connectivity index (χ0) is 16.1. The highest BCUT2D eigenvalue weighted by Crippen LogP contribution is 2.13. The molecule has 0 unspecified atom stereocenters. The molecule has 1 aromatic rings. The Bertz CT molecular complexity index is 574. The largest absolute Gasteiger partial charge is 0.370 e. The van der Waals surface area contributed by atoms with E-state index in [2.05, 4.69) is 16.4 Å². The number of carbonyl (C=O) groups is 2. The van der Waals surface area contributed by atoms with Gasteiger partial charge in [0.1, 0.15) is 0 Å². The van der Waals surface area contributed by atoms with Gasteiger partial charge in [-0.2, -0.15) is 0 Å². The van der Waals surface area contributed by atoms with E-state index >= 15 is 0 Å². The van der Waals surface area contributed by atoms with Crippen molar-refractivity contribution in [3.63, 3.8) is 0 Å². The van der Waals surface area contributed by atoms with Gasteiger partial charge in [-0.15, -0.1) is 0 Å². The van der Waals surface area contributed by atoms with Crippen molar-refractivity contribution in [3.05, 3.63) is 29.3 Å². The average molecular weight is 302 g/mol. The molecule has 1 aromatic carbocycles. The van der Waals surface area contributed by atoms with E-state index in [9.17, 15) is 9.59 Å². The van der Waals surface area contributed by atoms with Gasteiger partial charge in [0.25, 0.3) is 0 Å². The highest BCUT2D eigenvalue weighted by molar-refractivity contribution is 5.97. The van der Waals surface area contributed by atoms with Gasteiger partial charge < -0.3 is 11.1 Å². The van der Waals surface area contributed by atoms with Crippen LogP contribution in [0.4, 0.5) is 5.69 Å². The van der Waals surface area contributed by atoms with E-state index in [0.717, 1.165) is 16.8 Å². The summed E-state index contributed by atoms with van der Waals surface area (Å²) in [5.74, 6) is 0.0430. The van der Waals surface area contributed by atoms with Crippen molar-refractivity contribution in [2.75, 3.05) is 18.4 Å². The fraction of sp³-hybridized carbons (Fsp3) is 0.438. The molecule has 0 spiro atoms. The summed E-state index contributed by atoms with van der Waals surface area (Å²) >= 11 is 0. The zero-order valence-corrected chi connectivity index (χ0v) is 13.1. The fourth-order valence-electron chi connectivity index (χ4n) is 2.55. The van der Waals surface area contributed by atoms with Gasteiger partial charge >= 0.3 is 0 Å². The van der Waals surface area contributed by atoms with Gasteiger partial charge in [-0.3, -0.25) is 19.5 Å². The second-order valence-corrected chi connectivity index (χ2v) is 5.56. The van der Waals surface area contributed by atoms with E-state index < -0.39 is 0 Å². The summed E-state index contributed by atoms with van der Waals surface area (Å²) in [4.78, 5) is 28.8. The molecule has 22 heavy (non-hydrogen) atoms. The number of guanidine groups is 1. The molecule has 1 heterocycles. The number of aliphatic imine (C=N–C) groups is 1. The van der Waals surface area contributed by atoms with Gasteiger partial charge in [-0.25, -0.2) is 0 Å². The van der Waals surface area contributed by atoms with Crippen LogP contribution in [0.3, 0.4) is 0 Å². The predicted molar refractivity (Wildman–Crippen MR) is 86.6 cm³/mol. The molecule has 2 rings (SSSR count). The second-order valence-electron chi connectivity index (χ2n) is 5.56. The molecule has 1 fully saturated rings. The molecule has 0 aliphatic carbocycles. The predicted octanol–water partition coefficient (Wildman–Crippen LogP) is 1.57. The van der Waals surface area contributed by atoms with Gasteiger partial charge in [0, 0.05) is 25.1 Å². The Morgan fingerprint density at radius 1 is 1.18 bits per heavy atom. The number of hydrogen-bond donors (Lipinski definition) is 2. The molecule has 1 aliphatic heterocycles. The summed E-state index contributed by atoms with van der Waals surface area (Å²) < 4.78 is 0. The number of piperidine rings is 1. The molecule has 1 saturated heterocycles. The van der Waals surface area contributed by atoms with Crippen LogP contribution in [-0.4, -0.2) is 35.8 Å². The van der Waals surface area contributed by atoms with Crippen LogP contribution in [0.1, 0.15) is 30.4 Å². The molecular weight excluding hydrogens is 280 g/mol. The first-order valence-corrected chi connectivity index (χ1v) is 7.44. The van der Waals surface area contributed by atoms with Crippen molar-refractivity contribution in [2.24, 2.45) is 10.7 Å². The molecule has 0 aromatic heterocycles. The minimum Gasteiger partial charge on any atom is -0.370 e. The summed E-state index contributed by atoms with van der Waals surface area (Å²) in [5.41, 5.74) is 9.00. The first-order chi connectivity index (χ1) is 10.5. The van der Waals surface area contributed by atoms with E-state index in [4.69, 9.17) is 5.73 Å². The smallest absolute Gasteiger partial charge is 0.229 e. The van der Waals surface area contributed by atoms with Crippen molar-refractivity contribution in [1.82, 2.24) is 4.90 Å². The third-order valence-corrected chi connectivity index (χ3v) is 3.48. The number of imide groups is 1. The Kier molecular flexibility index (Phi) is 5.14. The Labute approximate surface area is 130 Å². The number of anilines is 1. The van der Waals surface area contributed by atoms with Crippen LogP contribution in [0.5, 0.6) is 0 Å². The van der Waals surface area contributed by atoms with E-state index in [1.54, 1.807) is 0 Å². The molecule has 3 N–H and O–H groups in total. The molecule has 2 amide bonds. The summed E-state index contributed by atoms with van der Waals surface area (Å²) in [5, 5.41) is 3.02. The maximum absolute atomic E-state index is 11.7. The average Bonchev–Trinajstić information content (AvgIpc) is 2.41. The molecule has 0 atom stereocenters. The summed E-state index contributed by atoms with van der Waals surface area (Å²) in [6, 6.07) is 6.03. The molecule has 0 saturated carbocycles. The minimum absolute atomic E-state index is 0.118. The van der Waals surface area contributed by atoms with Crippen molar-refractivity contribution in [1.29, 1.82) is 0 Å². The number of nitrogens with two attached hydrogens (primary N) is 1. The van der Waals surface area contributed by atoms with Crippen molar-refractivity contribution in [2.45, 2.75) is 33.1 Å². The van der Waals surface area contributed by atoms with Crippen LogP contribution < -0.4 is 11.1 Å². The topological polar surface area (TPSA) is 87.8 Å². The Morgan fingerprint density at radius 2 is 1.77 bits per heavy atom. The lowest BCUT2D eigenvalue weighted by Crippen LogP contribution is -2.41. The summed E-state index contributed by atoms with van der Waals surface area (Å²) in [7, 11) is 0. The third kappa shape index (κ3) is 4.31. The zero-order valence-electron chi connectivity index (χ0n) is 13.1. The number of amides is 2. The monoisotopic (exact) mass is 302 g/mol. The molecule has 6 heteroatoms. The fourth-order valence-corrected chi connectivity index (χ4v) is 2.55. The van der Waals surface area contributed by atoms with Gasteiger partial charge in [0.15, 0.2) is 5.96 Å². The number of benzene rings is 1. The maximum atomic E-state index is 11.7. The highest BCUT2D eigenvalue weighted by Gasteiger charge is 2.24. The van der Waals surface area contributed by atoms with Crippen LogP contribution in [0, 0.1) is 13.8 Å². The van der Waals surface area contributed by atoms with Crippen LogP contribution in [0.25, 0.3) is 0 Å². The molecule has 0 bridgehead atoms. The van der Waals surface area contributed by atoms with Crippen LogP contribution in [-0.2, 0) is 9.59 Å². The molecule has 6 nitrogen and oxygen atoms in total. The van der Waals surface area contributed by atoms with Crippen molar-refractivity contribution in [3.8, 4) is 0 Å². The van der Waals surface area contributed by atoms with Crippen LogP contribution in [0.15, 0.2) is 23.2 Å².